The van der Waals surface area contributed by atoms with Gasteiger partial charge in [0.1, 0.15) is 18.2 Å². The highest BCUT2D eigenvalue weighted by atomic mass is 16.2. The van der Waals surface area contributed by atoms with E-state index < -0.39 is 17.1 Å². The minimum Gasteiger partial charge on any atom is -0.338 e. The van der Waals surface area contributed by atoms with E-state index in [4.69, 9.17) is 5.73 Å². The van der Waals surface area contributed by atoms with Crippen molar-refractivity contribution in [2.75, 3.05) is 33.2 Å². The predicted molar refractivity (Wildman–Crippen MR) is 145 cm³/mol. The molecule has 1 aliphatic carbocycles. The Hall–Kier alpha value is -3.74. The number of rotatable bonds is 7. The number of nitriles is 3. The smallest absolute Gasteiger partial charge is 0.241 e. The van der Waals surface area contributed by atoms with Gasteiger partial charge < -0.3 is 16.0 Å². The van der Waals surface area contributed by atoms with E-state index in [-0.39, 0.29) is 5.91 Å². The van der Waals surface area contributed by atoms with Crippen molar-refractivity contribution in [2.24, 2.45) is 5.73 Å². The first kappa shape index (κ1) is 27.3. The summed E-state index contributed by atoms with van der Waals surface area (Å²) >= 11 is 0. The predicted octanol–water partition coefficient (Wildman–Crippen LogP) is 3.06. The molecule has 1 heterocycles. The van der Waals surface area contributed by atoms with E-state index in [2.05, 4.69) is 28.4 Å². The standard InChI is InChI=1S/C30H35N7O/c1-36-15-17-37(18-16-36)30(21-32,22-33)26-11-9-25(10-12-26)24-7-5-23(6-8-24)19-27(20-31)35-28(38)29(34)13-3-2-4-14-29/h5-12,27H,2-4,13-19,34H2,1H3,(H,35,38)/t27-/m0/s1. The number of piperazine rings is 1. The number of nitrogens with two attached hydrogens (primary N) is 1. The number of benzene rings is 2. The molecule has 0 unspecified atom stereocenters. The molecule has 1 aliphatic heterocycles. The van der Waals surface area contributed by atoms with Crippen LogP contribution in [0.3, 0.4) is 0 Å². The summed E-state index contributed by atoms with van der Waals surface area (Å²) in [4.78, 5) is 16.9. The van der Waals surface area contributed by atoms with Gasteiger partial charge in [-0.2, -0.15) is 15.8 Å². The summed E-state index contributed by atoms with van der Waals surface area (Å²) in [6, 6.07) is 21.6. The van der Waals surface area contributed by atoms with Gasteiger partial charge in [0, 0.05) is 38.2 Å². The molecule has 196 valence electrons. The van der Waals surface area contributed by atoms with Crippen molar-refractivity contribution in [1.29, 1.82) is 15.8 Å². The van der Waals surface area contributed by atoms with Gasteiger partial charge >= 0.3 is 0 Å². The third kappa shape index (κ3) is 5.72. The normalized spacial score (nSPS) is 18.9. The minimum atomic E-state index is -1.31. The molecular weight excluding hydrogens is 474 g/mol. The zero-order valence-electron chi connectivity index (χ0n) is 22.0. The Morgan fingerprint density at radius 2 is 1.50 bits per heavy atom. The molecule has 0 bridgehead atoms. The maximum absolute atomic E-state index is 12.7. The molecule has 1 atom stereocenters. The number of nitrogens with zero attached hydrogens (tertiary/aromatic N) is 5. The maximum atomic E-state index is 12.7. The molecule has 0 spiro atoms. The lowest BCUT2D eigenvalue weighted by Crippen LogP contribution is -2.57. The van der Waals surface area contributed by atoms with Crippen LogP contribution in [0.15, 0.2) is 48.5 Å². The van der Waals surface area contributed by atoms with Crippen molar-refractivity contribution >= 4 is 5.91 Å². The summed E-state index contributed by atoms with van der Waals surface area (Å²) in [6.45, 7) is 2.96. The molecular formula is C30H35N7O. The van der Waals surface area contributed by atoms with Crippen molar-refractivity contribution < 1.29 is 4.79 Å². The van der Waals surface area contributed by atoms with Gasteiger partial charge in [0.2, 0.25) is 11.4 Å². The van der Waals surface area contributed by atoms with Crippen LogP contribution < -0.4 is 11.1 Å². The van der Waals surface area contributed by atoms with Crippen molar-refractivity contribution in [3.05, 3.63) is 59.7 Å². The number of hydrogen-bond donors (Lipinski definition) is 2. The quantitative estimate of drug-likeness (QED) is 0.586. The molecule has 2 aromatic rings. The second kappa shape index (κ2) is 11.8. The van der Waals surface area contributed by atoms with E-state index >= 15 is 0 Å². The van der Waals surface area contributed by atoms with Gasteiger partial charge in [-0.1, -0.05) is 67.8 Å². The first-order valence-electron chi connectivity index (χ1n) is 13.3. The van der Waals surface area contributed by atoms with Crippen LogP contribution in [0.1, 0.15) is 43.2 Å². The Morgan fingerprint density at radius 3 is 2.03 bits per heavy atom. The SMILES string of the molecule is CN1CCN(C(C#N)(C#N)c2ccc(-c3ccc(C[C@@H](C#N)NC(=O)C4(N)CCCCC4)cc3)cc2)CC1. The molecule has 1 saturated carbocycles. The topological polar surface area (TPSA) is 133 Å². The fraction of sp³-hybridized carbons (Fsp3) is 0.467. The molecule has 2 aliphatic rings. The number of carbonyl (C=O) groups is 1. The van der Waals surface area contributed by atoms with Crippen LogP contribution in [0.2, 0.25) is 0 Å². The molecule has 38 heavy (non-hydrogen) atoms. The highest BCUT2D eigenvalue weighted by Crippen LogP contribution is 2.31. The fourth-order valence-electron chi connectivity index (χ4n) is 5.43. The van der Waals surface area contributed by atoms with Gasteiger partial charge in [-0.15, -0.1) is 0 Å². The van der Waals surface area contributed by atoms with Gasteiger partial charge in [-0.3, -0.25) is 9.69 Å². The Bertz CT molecular complexity index is 1220. The second-order valence-electron chi connectivity index (χ2n) is 10.6. The number of likely N-dealkylation sites (N-methyl/N-ethyl adjacent to an activating group) is 1. The van der Waals surface area contributed by atoms with Gasteiger partial charge in [-0.25, -0.2) is 0 Å². The molecule has 0 radical (unpaired) electrons. The molecule has 1 saturated heterocycles. The van der Waals surface area contributed by atoms with Crippen LogP contribution in [0, 0.1) is 34.0 Å². The second-order valence-corrected chi connectivity index (χ2v) is 10.6. The number of nitrogens with one attached hydrogen (secondary N) is 1. The average molecular weight is 510 g/mol. The van der Waals surface area contributed by atoms with Gasteiger partial charge in [-0.05, 0) is 36.6 Å². The first-order chi connectivity index (χ1) is 18.3. The summed E-state index contributed by atoms with van der Waals surface area (Å²) in [6.07, 6.45) is 4.68. The van der Waals surface area contributed by atoms with Crippen molar-refractivity contribution in [1.82, 2.24) is 15.1 Å². The third-order valence-electron chi connectivity index (χ3n) is 7.99. The lowest BCUT2D eigenvalue weighted by Gasteiger charge is -2.39. The number of carbonyl (C=O) groups excluding carboxylic acids is 1. The Morgan fingerprint density at radius 1 is 0.947 bits per heavy atom. The largest absolute Gasteiger partial charge is 0.338 e. The van der Waals surface area contributed by atoms with E-state index in [1.54, 1.807) is 0 Å². The molecule has 2 fully saturated rings. The van der Waals surface area contributed by atoms with Crippen LogP contribution in [-0.4, -0.2) is 60.5 Å². The summed E-state index contributed by atoms with van der Waals surface area (Å²) < 4.78 is 0. The van der Waals surface area contributed by atoms with Crippen molar-refractivity contribution in [3.63, 3.8) is 0 Å². The molecule has 0 aromatic heterocycles. The summed E-state index contributed by atoms with van der Waals surface area (Å²) in [5.74, 6) is -0.233. The van der Waals surface area contributed by atoms with E-state index in [1.165, 1.54) is 0 Å². The van der Waals surface area contributed by atoms with Crippen LogP contribution >= 0.6 is 0 Å². The molecule has 4 rings (SSSR count). The number of hydrogen-bond acceptors (Lipinski definition) is 7. The van der Waals surface area contributed by atoms with Crippen LogP contribution in [0.5, 0.6) is 0 Å². The zero-order valence-corrected chi connectivity index (χ0v) is 22.0. The van der Waals surface area contributed by atoms with Crippen molar-refractivity contribution in [3.8, 4) is 29.3 Å². The summed E-state index contributed by atoms with van der Waals surface area (Å²) in [5.41, 5.74) is 7.72. The minimum absolute atomic E-state index is 0.233. The highest BCUT2D eigenvalue weighted by molar-refractivity contribution is 5.86. The van der Waals surface area contributed by atoms with E-state index in [0.717, 1.165) is 49.0 Å². The van der Waals surface area contributed by atoms with E-state index in [0.29, 0.717) is 37.9 Å². The summed E-state index contributed by atoms with van der Waals surface area (Å²) in [7, 11) is 2.04. The van der Waals surface area contributed by atoms with E-state index in [9.17, 15) is 20.6 Å². The molecule has 2 aromatic carbocycles. The lowest BCUT2D eigenvalue weighted by molar-refractivity contribution is -0.127. The van der Waals surface area contributed by atoms with Gasteiger partial charge in [0.15, 0.2) is 0 Å². The van der Waals surface area contributed by atoms with Crippen LogP contribution in [0.4, 0.5) is 0 Å². The fourth-order valence-corrected chi connectivity index (χ4v) is 5.43. The van der Waals surface area contributed by atoms with Crippen molar-refractivity contribution in [2.45, 2.75) is 55.6 Å². The average Bonchev–Trinajstić information content (AvgIpc) is 2.95. The van der Waals surface area contributed by atoms with Crippen LogP contribution in [0.25, 0.3) is 11.1 Å². The van der Waals surface area contributed by atoms with E-state index in [1.807, 2.05) is 60.5 Å². The Kier molecular flexibility index (Phi) is 8.45. The molecule has 1 amide bonds. The molecule has 8 nitrogen and oxygen atoms in total. The molecule has 8 heteroatoms. The highest BCUT2D eigenvalue weighted by Gasteiger charge is 2.40. The van der Waals surface area contributed by atoms with Gasteiger partial charge in [0.25, 0.3) is 0 Å². The molecule has 3 N–H and O–H groups in total. The van der Waals surface area contributed by atoms with Crippen LogP contribution in [-0.2, 0) is 16.8 Å². The Labute approximate surface area is 225 Å². The third-order valence-corrected chi connectivity index (χ3v) is 7.99. The summed E-state index contributed by atoms with van der Waals surface area (Å²) in [5, 5.41) is 32.5. The zero-order chi connectivity index (χ0) is 27.2. The lowest BCUT2D eigenvalue weighted by atomic mass is 9.81. The monoisotopic (exact) mass is 509 g/mol. The first-order valence-corrected chi connectivity index (χ1v) is 13.3. The number of amides is 1. The van der Waals surface area contributed by atoms with Gasteiger partial charge in [0.05, 0.1) is 11.6 Å². The Balaban J connectivity index is 1.43. The maximum Gasteiger partial charge on any atom is 0.241 e.